The number of ether oxygens (including phenoxy) is 1. The van der Waals surface area contributed by atoms with Crippen LogP contribution in [-0.4, -0.2) is 36.5 Å². The van der Waals surface area contributed by atoms with E-state index in [1.165, 1.54) is 5.56 Å². The second-order valence-electron chi connectivity index (χ2n) is 5.61. The fourth-order valence-electron chi connectivity index (χ4n) is 3.52. The van der Waals surface area contributed by atoms with Gasteiger partial charge < -0.3 is 15.4 Å². The van der Waals surface area contributed by atoms with E-state index in [2.05, 4.69) is 12.1 Å². The van der Waals surface area contributed by atoms with Crippen molar-refractivity contribution in [1.82, 2.24) is 4.90 Å². The number of amides is 1. The standard InChI is InChI=1S/C15H20N2O2/c1-19-13-4-2-11(3-5-13)12-8-15(10-16)7-6-14(18)17(15)9-12/h2-5,12H,6-10,16H2,1H3/t12-,15-/m0/s1. The molecule has 1 aromatic rings. The van der Waals surface area contributed by atoms with Gasteiger partial charge in [0.05, 0.1) is 12.6 Å². The van der Waals surface area contributed by atoms with Crippen LogP contribution >= 0.6 is 0 Å². The quantitative estimate of drug-likeness (QED) is 0.896. The van der Waals surface area contributed by atoms with Crippen LogP contribution in [0.2, 0.25) is 0 Å². The molecule has 0 unspecified atom stereocenters. The highest BCUT2D eigenvalue weighted by molar-refractivity contribution is 5.80. The number of nitrogens with two attached hydrogens (primary N) is 1. The van der Waals surface area contributed by atoms with Crippen molar-refractivity contribution in [1.29, 1.82) is 0 Å². The second-order valence-corrected chi connectivity index (χ2v) is 5.61. The molecule has 4 nitrogen and oxygen atoms in total. The molecule has 1 aromatic carbocycles. The van der Waals surface area contributed by atoms with Gasteiger partial charge in [0, 0.05) is 25.4 Å². The van der Waals surface area contributed by atoms with Gasteiger partial charge in [0.2, 0.25) is 5.91 Å². The third kappa shape index (κ3) is 1.91. The molecule has 0 aliphatic carbocycles. The Morgan fingerprint density at radius 1 is 1.42 bits per heavy atom. The molecule has 0 aromatic heterocycles. The number of carbonyl (C=O) groups is 1. The molecule has 2 saturated heterocycles. The van der Waals surface area contributed by atoms with Crippen LogP contribution in [0.15, 0.2) is 24.3 Å². The highest BCUT2D eigenvalue weighted by atomic mass is 16.5. The van der Waals surface area contributed by atoms with Crippen molar-refractivity contribution in [2.24, 2.45) is 5.73 Å². The Morgan fingerprint density at radius 2 is 2.16 bits per heavy atom. The summed E-state index contributed by atoms with van der Waals surface area (Å²) in [7, 11) is 1.67. The summed E-state index contributed by atoms with van der Waals surface area (Å²) in [5.41, 5.74) is 7.14. The predicted octanol–water partition coefficient (Wildman–Crippen LogP) is 1.50. The van der Waals surface area contributed by atoms with Crippen molar-refractivity contribution in [2.75, 3.05) is 20.2 Å². The van der Waals surface area contributed by atoms with E-state index in [9.17, 15) is 4.79 Å². The van der Waals surface area contributed by atoms with E-state index < -0.39 is 0 Å². The minimum absolute atomic E-state index is 0.0817. The Morgan fingerprint density at radius 3 is 2.74 bits per heavy atom. The van der Waals surface area contributed by atoms with Crippen LogP contribution in [0.1, 0.15) is 30.7 Å². The van der Waals surface area contributed by atoms with Crippen molar-refractivity contribution in [2.45, 2.75) is 30.7 Å². The minimum Gasteiger partial charge on any atom is -0.497 e. The lowest BCUT2D eigenvalue weighted by Gasteiger charge is -2.30. The Balaban J connectivity index is 1.83. The van der Waals surface area contributed by atoms with Gasteiger partial charge in [0.1, 0.15) is 5.75 Å². The van der Waals surface area contributed by atoms with Crippen LogP contribution in [0, 0.1) is 0 Å². The van der Waals surface area contributed by atoms with Crippen LogP contribution in [0.4, 0.5) is 0 Å². The third-order valence-electron chi connectivity index (χ3n) is 4.67. The van der Waals surface area contributed by atoms with Crippen LogP contribution in [-0.2, 0) is 4.79 Å². The van der Waals surface area contributed by atoms with Gasteiger partial charge in [0.25, 0.3) is 0 Å². The summed E-state index contributed by atoms with van der Waals surface area (Å²) in [5, 5.41) is 0. The molecule has 4 heteroatoms. The lowest BCUT2D eigenvalue weighted by atomic mass is 9.87. The molecular weight excluding hydrogens is 240 g/mol. The molecule has 2 aliphatic rings. The molecule has 0 bridgehead atoms. The number of nitrogens with zero attached hydrogens (tertiary/aromatic N) is 1. The molecule has 3 rings (SSSR count). The van der Waals surface area contributed by atoms with Gasteiger partial charge in [-0.2, -0.15) is 0 Å². The SMILES string of the molecule is COc1ccc([C@@H]2CN3C(=O)CC[C@@]3(CN)C2)cc1. The Bertz CT molecular complexity index is 485. The summed E-state index contributed by atoms with van der Waals surface area (Å²) in [6, 6.07) is 8.16. The maximum atomic E-state index is 11.9. The number of rotatable bonds is 3. The zero-order valence-electron chi connectivity index (χ0n) is 11.3. The Labute approximate surface area is 113 Å². The van der Waals surface area contributed by atoms with E-state index in [1.807, 2.05) is 17.0 Å². The summed E-state index contributed by atoms with van der Waals surface area (Å²) in [5.74, 6) is 1.53. The number of hydrogen-bond acceptors (Lipinski definition) is 3. The second kappa shape index (κ2) is 4.53. The summed E-state index contributed by atoms with van der Waals surface area (Å²) in [6.45, 7) is 1.38. The van der Waals surface area contributed by atoms with Gasteiger partial charge in [-0.25, -0.2) is 0 Å². The van der Waals surface area contributed by atoms with Crippen LogP contribution in [0.3, 0.4) is 0 Å². The van der Waals surface area contributed by atoms with Crippen molar-refractivity contribution in [3.63, 3.8) is 0 Å². The maximum Gasteiger partial charge on any atom is 0.223 e. The molecular formula is C15H20N2O2. The first-order valence-corrected chi connectivity index (χ1v) is 6.83. The highest BCUT2D eigenvalue weighted by Gasteiger charge is 2.51. The highest BCUT2D eigenvalue weighted by Crippen LogP contribution is 2.45. The van der Waals surface area contributed by atoms with Gasteiger partial charge >= 0.3 is 0 Å². The van der Waals surface area contributed by atoms with Gasteiger partial charge in [-0.1, -0.05) is 12.1 Å². The lowest BCUT2D eigenvalue weighted by molar-refractivity contribution is -0.129. The molecule has 0 saturated carbocycles. The molecule has 0 radical (unpaired) electrons. The van der Waals surface area contributed by atoms with E-state index in [-0.39, 0.29) is 11.4 Å². The Hall–Kier alpha value is -1.55. The average Bonchev–Trinajstić information content (AvgIpc) is 2.98. The number of carbonyl (C=O) groups excluding carboxylic acids is 1. The first kappa shape index (κ1) is 12.5. The zero-order valence-corrected chi connectivity index (χ0v) is 11.3. The first-order chi connectivity index (χ1) is 9.18. The smallest absolute Gasteiger partial charge is 0.223 e. The zero-order chi connectivity index (χ0) is 13.5. The van der Waals surface area contributed by atoms with Gasteiger partial charge in [0.15, 0.2) is 0 Å². The largest absolute Gasteiger partial charge is 0.497 e. The fraction of sp³-hybridized carbons (Fsp3) is 0.533. The van der Waals surface area contributed by atoms with Crippen molar-refractivity contribution in [3.05, 3.63) is 29.8 Å². The summed E-state index contributed by atoms with van der Waals surface area (Å²) >= 11 is 0. The monoisotopic (exact) mass is 260 g/mol. The van der Waals surface area contributed by atoms with Crippen LogP contribution in [0.5, 0.6) is 5.75 Å². The van der Waals surface area contributed by atoms with Crippen LogP contribution < -0.4 is 10.5 Å². The molecule has 2 atom stereocenters. The van der Waals surface area contributed by atoms with E-state index in [4.69, 9.17) is 10.5 Å². The number of methoxy groups -OCH3 is 1. The molecule has 2 aliphatic heterocycles. The summed E-state index contributed by atoms with van der Waals surface area (Å²) < 4.78 is 5.18. The van der Waals surface area contributed by atoms with Gasteiger partial charge in [-0.15, -0.1) is 0 Å². The topological polar surface area (TPSA) is 55.6 Å². The maximum absolute atomic E-state index is 11.9. The molecule has 2 heterocycles. The van der Waals surface area contributed by atoms with E-state index >= 15 is 0 Å². The number of fused-ring (bicyclic) bond motifs is 1. The molecule has 1 amide bonds. The predicted molar refractivity (Wildman–Crippen MR) is 73.1 cm³/mol. The molecule has 0 spiro atoms. The van der Waals surface area contributed by atoms with E-state index in [0.29, 0.717) is 18.9 Å². The molecule has 102 valence electrons. The average molecular weight is 260 g/mol. The molecule has 19 heavy (non-hydrogen) atoms. The fourth-order valence-corrected chi connectivity index (χ4v) is 3.52. The minimum atomic E-state index is -0.0817. The van der Waals surface area contributed by atoms with Crippen LogP contribution in [0.25, 0.3) is 0 Å². The van der Waals surface area contributed by atoms with Crippen molar-refractivity contribution in [3.8, 4) is 5.75 Å². The number of benzene rings is 1. The van der Waals surface area contributed by atoms with Crippen molar-refractivity contribution >= 4 is 5.91 Å². The lowest BCUT2D eigenvalue weighted by Crippen LogP contribution is -2.46. The summed E-state index contributed by atoms with van der Waals surface area (Å²) in [6.07, 6.45) is 2.56. The first-order valence-electron chi connectivity index (χ1n) is 6.83. The van der Waals surface area contributed by atoms with Crippen molar-refractivity contribution < 1.29 is 9.53 Å². The molecule has 2 N–H and O–H groups in total. The Kier molecular flexibility index (Phi) is 2.97. The summed E-state index contributed by atoms with van der Waals surface area (Å²) in [4.78, 5) is 14.0. The van der Waals surface area contributed by atoms with E-state index in [0.717, 1.165) is 25.1 Å². The number of hydrogen-bond donors (Lipinski definition) is 1. The molecule has 2 fully saturated rings. The van der Waals surface area contributed by atoms with E-state index in [1.54, 1.807) is 7.11 Å². The normalized spacial score (nSPS) is 29.7. The van der Waals surface area contributed by atoms with Gasteiger partial charge in [-0.3, -0.25) is 4.79 Å². The third-order valence-corrected chi connectivity index (χ3v) is 4.67. The van der Waals surface area contributed by atoms with Gasteiger partial charge in [-0.05, 0) is 30.5 Å².